The van der Waals surface area contributed by atoms with Crippen LogP contribution in [0, 0.1) is 5.82 Å². The third-order valence-electron chi connectivity index (χ3n) is 2.53. The van der Waals surface area contributed by atoms with Gasteiger partial charge >= 0.3 is 0 Å². The molecule has 4 nitrogen and oxygen atoms in total. The largest absolute Gasteiger partial charge is 0.381 e. The molecular weight excluding hydrogens is 316 g/mol. The first kappa shape index (κ1) is 22.2. The fourth-order valence-corrected chi connectivity index (χ4v) is 1.70. The molecule has 3 N–H and O–H groups in total. The van der Waals surface area contributed by atoms with Crippen LogP contribution < -0.4 is 16.0 Å². The maximum atomic E-state index is 13.3. The maximum absolute atomic E-state index is 13.3. The Kier molecular flexibility index (Phi) is 12.3. The Balaban J connectivity index is 0. The fraction of sp³-hybridized carbons (Fsp3) is 0.500. The Morgan fingerprint density at radius 3 is 2.48 bits per heavy atom. The molecule has 122 valence electrons. The third-order valence-corrected chi connectivity index (χ3v) is 2.53. The van der Waals surface area contributed by atoms with Crippen LogP contribution in [0.4, 0.5) is 15.8 Å². The topological polar surface area (TPSA) is 53.2 Å². The van der Waals surface area contributed by atoms with E-state index in [1.807, 2.05) is 20.9 Å². The van der Waals surface area contributed by atoms with Crippen molar-refractivity contribution >= 4 is 42.1 Å². The van der Waals surface area contributed by atoms with Gasteiger partial charge in [0.15, 0.2) is 0 Å². The SMILES string of the molecule is CNCCCC(=O)Nc1cc(F)ccc1NC(C)C.Cl.Cl. The number of rotatable bonds is 7. The molecular formula is C14H24Cl2FN3O. The predicted molar refractivity (Wildman–Crippen MR) is 91.4 cm³/mol. The Labute approximate surface area is 138 Å². The van der Waals surface area contributed by atoms with Gasteiger partial charge in [-0.25, -0.2) is 4.39 Å². The van der Waals surface area contributed by atoms with Gasteiger partial charge in [0, 0.05) is 12.5 Å². The van der Waals surface area contributed by atoms with E-state index in [9.17, 15) is 9.18 Å². The molecule has 0 unspecified atom stereocenters. The minimum absolute atomic E-state index is 0. The zero-order valence-electron chi connectivity index (χ0n) is 12.5. The summed E-state index contributed by atoms with van der Waals surface area (Å²) < 4.78 is 13.3. The Morgan fingerprint density at radius 1 is 1.24 bits per heavy atom. The van der Waals surface area contributed by atoms with E-state index in [1.54, 1.807) is 6.07 Å². The van der Waals surface area contributed by atoms with Crippen LogP contribution in [0.1, 0.15) is 26.7 Å². The molecule has 0 radical (unpaired) electrons. The number of nitrogens with one attached hydrogen (secondary N) is 3. The van der Waals surface area contributed by atoms with Crippen LogP contribution >= 0.6 is 24.8 Å². The van der Waals surface area contributed by atoms with Crippen molar-refractivity contribution in [1.82, 2.24) is 5.32 Å². The molecule has 0 heterocycles. The van der Waals surface area contributed by atoms with Crippen molar-refractivity contribution in [1.29, 1.82) is 0 Å². The predicted octanol–water partition coefficient (Wildman–Crippen LogP) is 3.43. The monoisotopic (exact) mass is 339 g/mol. The van der Waals surface area contributed by atoms with E-state index >= 15 is 0 Å². The van der Waals surface area contributed by atoms with Crippen molar-refractivity contribution in [3.05, 3.63) is 24.0 Å². The van der Waals surface area contributed by atoms with E-state index < -0.39 is 0 Å². The fourth-order valence-electron chi connectivity index (χ4n) is 1.70. The van der Waals surface area contributed by atoms with E-state index in [0.29, 0.717) is 12.1 Å². The van der Waals surface area contributed by atoms with Crippen LogP contribution in [0.3, 0.4) is 0 Å². The van der Waals surface area contributed by atoms with Crippen molar-refractivity contribution < 1.29 is 9.18 Å². The summed E-state index contributed by atoms with van der Waals surface area (Å²) in [6.07, 6.45) is 1.17. The summed E-state index contributed by atoms with van der Waals surface area (Å²) in [6.45, 7) is 4.76. The van der Waals surface area contributed by atoms with E-state index in [2.05, 4.69) is 16.0 Å². The van der Waals surface area contributed by atoms with Gasteiger partial charge in [-0.2, -0.15) is 0 Å². The summed E-state index contributed by atoms with van der Waals surface area (Å²) in [5, 5.41) is 8.91. The lowest BCUT2D eigenvalue weighted by molar-refractivity contribution is -0.116. The molecule has 1 amide bonds. The highest BCUT2D eigenvalue weighted by Crippen LogP contribution is 2.23. The van der Waals surface area contributed by atoms with Crippen molar-refractivity contribution in [2.45, 2.75) is 32.7 Å². The Morgan fingerprint density at radius 2 is 1.90 bits per heavy atom. The molecule has 21 heavy (non-hydrogen) atoms. The van der Waals surface area contributed by atoms with Gasteiger partial charge in [-0.3, -0.25) is 4.79 Å². The van der Waals surface area contributed by atoms with E-state index in [0.717, 1.165) is 18.7 Å². The first-order valence-electron chi connectivity index (χ1n) is 6.53. The van der Waals surface area contributed by atoms with Crippen molar-refractivity contribution in [2.24, 2.45) is 0 Å². The number of halogens is 3. The molecule has 0 spiro atoms. The second kappa shape index (κ2) is 11.6. The van der Waals surface area contributed by atoms with Crippen LogP contribution in [-0.2, 0) is 4.79 Å². The molecule has 0 aromatic heterocycles. The molecule has 0 saturated carbocycles. The minimum atomic E-state index is -0.361. The number of benzene rings is 1. The first-order valence-corrected chi connectivity index (χ1v) is 6.53. The van der Waals surface area contributed by atoms with E-state index in [-0.39, 0.29) is 42.6 Å². The Hall–Kier alpha value is -1.04. The summed E-state index contributed by atoms with van der Waals surface area (Å²) in [7, 11) is 1.84. The molecule has 0 saturated heterocycles. The molecule has 0 aliphatic carbocycles. The zero-order chi connectivity index (χ0) is 14.3. The molecule has 1 aromatic carbocycles. The van der Waals surface area contributed by atoms with Gasteiger partial charge in [-0.1, -0.05) is 0 Å². The van der Waals surface area contributed by atoms with Crippen molar-refractivity contribution in [3.63, 3.8) is 0 Å². The minimum Gasteiger partial charge on any atom is -0.381 e. The maximum Gasteiger partial charge on any atom is 0.224 e. The van der Waals surface area contributed by atoms with E-state index in [1.165, 1.54) is 12.1 Å². The zero-order valence-corrected chi connectivity index (χ0v) is 14.2. The molecule has 0 bridgehead atoms. The first-order chi connectivity index (χ1) is 9.02. The molecule has 1 rings (SSSR count). The summed E-state index contributed by atoms with van der Waals surface area (Å²) in [6, 6.07) is 4.56. The van der Waals surface area contributed by atoms with Gasteiger partial charge in [-0.05, 0) is 52.1 Å². The van der Waals surface area contributed by atoms with Gasteiger partial charge in [0.25, 0.3) is 0 Å². The lowest BCUT2D eigenvalue weighted by atomic mass is 10.2. The van der Waals surface area contributed by atoms with Gasteiger partial charge in [0.1, 0.15) is 5.82 Å². The number of amides is 1. The summed E-state index contributed by atoms with van der Waals surface area (Å²) in [5.41, 5.74) is 1.22. The quantitative estimate of drug-likeness (QED) is 0.667. The van der Waals surface area contributed by atoms with Crippen LogP contribution in [0.15, 0.2) is 18.2 Å². The molecule has 7 heteroatoms. The molecule has 0 aliphatic rings. The van der Waals surface area contributed by atoms with Gasteiger partial charge < -0.3 is 16.0 Å². The van der Waals surface area contributed by atoms with Crippen LogP contribution in [0.5, 0.6) is 0 Å². The van der Waals surface area contributed by atoms with Gasteiger partial charge in [0.05, 0.1) is 11.4 Å². The molecule has 0 aliphatic heterocycles. The van der Waals surface area contributed by atoms with Crippen LogP contribution in [0.2, 0.25) is 0 Å². The normalized spacial score (nSPS) is 9.57. The summed E-state index contributed by atoms with van der Waals surface area (Å²) in [5.74, 6) is -0.465. The van der Waals surface area contributed by atoms with Crippen molar-refractivity contribution in [3.8, 4) is 0 Å². The third kappa shape index (κ3) is 8.75. The standard InChI is InChI=1S/C14H22FN3O.2ClH/c1-10(2)17-12-7-6-11(15)9-13(12)18-14(19)5-4-8-16-3;;/h6-7,9-10,16-17H,4-5,8H2,1-3H3,(H,18,19);2*1H. The highest BCUT2D eigenvalue weighted by Gasteiger charge is 2.09. The highest BCUT2D eigenvalue weighted by molar-refractivity contribution is 5.94. The summed E-state index contributed by atoms with van der Waals surface area (Å²) >= 11 is 0. The van der Waals surface area contributed by atoms with Crippen LogP contribution in [-0.4, -0.2) is 25.5 Å². The van der Waals surface area contributed by atoms with E-state index in [4.69, 9.17) is 0 Å². The van der Waals surface area contributed by atoms with Crippen LogP contribution in [0.25, 0.3) is 0 Å². The van der Waals surface area contributed by atoms with Gasteiger partial charge in [0.2, 0.25) is 5.91 Å². The molecule has 1 aromatic rings. The number of carbonyl (C=O) groups is 1. The van der Waals surface area contributed by atoms with Gasteiger partial charge in [-0.15, -0.1) is 24.8 Å². The average molecular weight is 340 g/mol. The molecule has 0 atom stereocenters. The van der Waals surface area contributed by atoms with Crippen molar-refractivity contribution in [2.75, 3.05) is 24.2 Å². The number of carbonyl (C=O) groups excluding carboxylic acids is 1. The lowest BCUT2D eigenvalue weighted by Gasteiger charge is -2.15. The highest BCUT2D eigenvalue weighted by atomic mass is 35.5. The Bertz CT molecular complexity index is 431. The second-order valence-corrected chi connectivity index (χ2v) is 4.74. The number of hydrogen-bond acceptors (Lipinski definition) is 3. The number of anilines is 2. The second-order valence-electron chi connectivity index (χ2n) is 4.74. The molecule has 0 fully saturated rings. The average Bonchev–Trinajstić information content (AvgIpc) is 2.32. The smallest absolute Gasteiger partial charge is 0.224 e. The lowest BCUT2D eigenvalue weighted by Crippen LogP contribution is -2.17. The number of hydrogen-bond donors (Lipinski definition) is 3. The summed E-state index contributed by atoms with van der Waals surface area (Å²) in [4.78, 5) is 11.7.